The van der Waals surface area contributed by atoms with Crippen LogP contribution in [0.4, 0.5) is 0 Å². The van der Waals surface area contributed by atoms with Crippen LogP contribution < -0.4 is 0 Å². The second kappa shape index (κ2) is 8.87. The molecular weight excluding hydrogens is 454 g/mol. The highest BCUT2D eigenvalue weighted by atomic mass is 16.8. The zero-order valence-electron chi connectivity index (χ0n) is 20.3. The minimum Gasteiger partial charge on any atom is -0.427 e. The second-order valence-electron chi connectivity index (χ2n) is 9.93. The van der Waals surface area contributed by atoms with E-state index in [1.807, 2.05) is 91.9 Å². The van der Waals surface area contributed by atoms with Crippen LogP contribution in [0.2, 0.25) is 0 Å². The van der Waals surface area contributed by atoms with Gasteiger partial charge in [0.05, 0.1) is 12.5 Å². The molecule has 4 aliphatic rings. The fourth-order valence-corrected chi connectivity index (χ4v) is 6.26. The summed E-state index contributed by atoms with van der Waals surface area (Å²) >= 11 is 0. The van der Waals surface area contributed by atoms with Gasteiger partial charge in [-0.3, -0.25) is 4.90 Å². The standard InChI is InChI=1S/C30H29NO5/c1-21-12-14-22(15-13-21)20-34-30-25-16-18-31(19-17-25)29(30,35-27(32)28(33)36-30)26(23-8-4-2-5-9-23)24-10-6-3-7-11-24/h2-15,25-26H,16-20H2,1H3. The van der Waals surface area contributed by atoms with Gasteiger partial charge < -0.3 is 14.2 Å². The highest BCUT2D eigenvalue weighted by Crippen LogP contribution is 2.59. The van der Waals surface area contributed by atoms with Crippen LogP contribution in [0.15, 0.2) is 84.9 Å². The summed E-state index contributed by atoms with van der Waals surface area (Å²) in [5.41, 5.74) is 2.70. The topological polar surface area (TPSA) is 65.1 Å². The Morgan fingerprint density at radius 1 is 0.833 bits per heavy atom. The van der Waals surface area contributed by atoms with Crippen molar-refractivity contribution >= 4 is 11.9 Å². The molecule has 0 radical (unpaired) electrons. The summed E-state index contributed by atoms with van der Waals surface area (Å²) < 4.78 is 19.1. The van der Waals surface area contributed by atoms with Gasteiger partial charge in [0.1, 0.15) is 0 Å². The van der Waals surface area contributed by atoms with Crippen molar-refractivity contribution in [1.29, 1.82) is 0 Å². The first-order valence-electron chi connectivity index (χ1n) is 12.5. The van der Waals surface area contributed by atoms with Crippen LogP contribution in [0.1, 0.15) is 41.0 Å². The van der Waals surface area contributed by atoms with Crippen LogP contribution in [-0.4, -0.2) is 41.4 Å². The molecule has 0 aromatic heterocycles. The van der Waals surface area contributed by atoms with E-state index in [9.17, 15) is 9.59 Å². The van der Waals surface area contributed by atoms with Crippen molar-refractivity contribution in [3.8, 4) is 0 Å². The highest BCUT2D eigenvalue weighted by molar-refractivity contribution is 6.30. The molecule has 3 aromatic carbocycles. The number of hydrogen-bond acceptors (Lipinski definition) is 6. The molecule has 4 heterocycles. The molecule has 7 rings (SSSR count). The van der Waals surface area contributed by atoms with Gasteiger partial charge in [0.25, 0.3) is 5.79 Å². The third-order valence-corrected chi connectivity index (χ3v) is 7.89. The van der Waals surface area contributed by atoms with E-state index >= 15 is 0 Å². The molecule has 3 aromatic rings. The van der Waals surface area contributed by atoms with Gasteiger partial charge in [-0.1, -0.05) is 90.5 Å². The second-order valence-corrected chi connectivity index (χ2v) is 9.93. The summed E-state index contributed by atoms with van der Waals surface area (Å²) in [5, 5.41) is 0. The van der Waals surface area contributed by atoms with E-state index in [4.69, 9.17) is 14.2 Å². The SMILES string of the molecule is Cc1ccc(COC23OC(=O)C(=O)OC2(C(c2ccccc2)c2ccccc2)N2CCC3CC2)cc1. The largest absolute Gasteiger partial charge is 0.427 e. The van der Waals surface area contributed by atoms with E-state index in [1.165, 1.54) is 0 Å². The molecule has 2 bridgehead atoms. The van der Waals surface area contributed by atoms with Crippen molar-refractivity contribution in [3.63, 3.8) is 0 Å². The van der Waals surface area contributed by atoms with Crippen LogP contribution in [0.3, 0.4) is 0 Å². The van der Waals surface area contributed by atoms with Gasteiger partial charge in [-0.05, 0) is 36.5 Å². The molecule has 0 N–H and O–H groups in total. The van der Waals surface area contributed by atoms with Gasteiger partial charge in [0.2, 0.25) is 5.72 Å². The fourth-order valence-electron chi connectivity index (χ4n) is 6.26. The van der Waals surface area contributed by atoms with Crippen LogP contribution >= 0.6 is 0 Å². The predicted molar refractivity (Wildman–Crippen MR) is 133 cm³/mol. The molecule has 0 amide bonds. The average Bonchev–Trinajstić information content (AvgIpc) is 2.92. The number of ether oxygens (including phenoxy) is 3. The van der Waals surface area contributed by atoms with E-state index in [-0.39, 0.29) is 12.5 Å². The molecule has 36 heavy (non-hydrogen) atoms. The van der Waals surface area contributed by atoms with Crippen molar-refractivity contribution < 1.29 is 23.8 Å². The van der Waals surface area contributed by atoms with Crippen LogP contribution in [0.5, 0.6) is 0 Å². The number of fused-ring (bicyclic) bond motifs is 2. The first-order chi connectivity index (χ1) is 17.5. The van der Waals surface area contributed by atoms with Crippen molar-refractivity contribution in [2.24, 2.45) is 5.92 Å². The molecule has 4 saturated heterocycles. The molecule has 6 nitrogen and oxygen atoms in total. The van der Waals surface area contributed by atoms with Crippen LogP contribution in [-0.2, 0) is 30.4 Å². The van der Waals surface area contributed by atoms with Gasteiger partial charge in [0.15, 0.2) is 0 Å². The number of carbonyl (C=O) groups is 2. The maximum atomic E-state index is 13.0. The first kappa shape index (κ1) is 23.0. The number of benzene rings is 3. The molecule has 4 aliphatic heterocycles. The third kappa shape index (κ3) is 3.47. The van der Waals surface area contributed by atoms with Crippen molar-refractivity contribution in [3.05, 3.63) is 107 Å². The maximum Gasteiger partial charge on any atom is 0.420 e. The summed E-state index contributed by atoms with van der Waals surface area (Å²) in [7, 11) is 0. The Balaban J connectivity index is 1.55. The molecule has 184 valence electrons. The monoisotopic (exact) mass is 483 g/mol. The van der Waals surface area contributed by atoms with Crippen LogP contribution in [0.25, 0.3) is 0 Å². The minimum atomic E-state index is -1.45. The summed E-state index contributed by atoms with van der Waals surface area (Å²) in [6.07, 6.45) is 1.58. The molecule has 6 heteroatoms. The van der Waals surface area contributed by atoms with E-state index in [2.05, 4.69) is 4.90 Å². The highest BCUT2D eigenvalue weighted by Gasteiger charge is 2.76. The molecule has 2 unspecified atom stereocenters. The number of aryl methyl sites for hydroxylation is 1. The van der Waals surface area contributed by atoms with E-state index in [1.54, 1.807) is 0 Å². The van der Waals surface area contributed by atoms with Gasteiger partial charge in [0, 0.05) is 19.0 Å². The Hall–Kier alpha value is -3.48. The summed E-state index contributed by atoms with van der Waals surface area (Å²) in [5.74, 6) is -3.97. The van der Waals surface area contributed by atoms with Gasteiger partial charge >= 0.3 is 11.9 Å². The lowest BCUT2D eigenvalue weighted by molar-refractivity contribution is -0.417. The zero-order valence-corrected chi connectivity index (χ0v) is 20.3. The molecule has 2 atom stereocenters. The molecule has 4 fully saturated rings. The fraction of sp³-hybridized carbons (Fsp3) is 0.333. The summed E-state index contributed by atoms with van der Waals surface area (Å²) in [6, 6.07) is 28.0. The molecule has 0 aliphatic carbocycles. The molecule has 0 saturated carbocycles. The first-order valence-corrected chi connectivity index (χ1v) is 12.5. The quantitative estimate of drug-likeness (QED) is 0.378. The van der Waals surface area contributed by atoms with Crippen molar-refractivity contribution in [2.45, 2.75) is 43.8 Å². The normalized spacial score (nSPS) is 28.9. The van der Waals surface area contributed by atoms with Crippen molar-refractivity contribution in [1.82, 2.24) is 4.90 Å². The third-order valence-electron chi connectivity index (χ3n) is 7.89. The number of rotatable bonds is 6. The number of piperidine rings is 3. The van der Waals surface area contributed by atoms with Gasteiger partial charge in [-0.25, -0.2) is 9.59 Å². The lowest BCUT2D eigenvalue weighted by Gasteiger charge is -2.65. The van der Waals surface area contributed by atoms with E-state index in [0.717, 1.165) is 48.2 Å². The van der Waals surface area contributed by atoms with Crippen molar-refractivity contribution in [2.75, 3.05) is 13.1 Å². The van der Waals surface area contributed by atoms with Gasteiger partial charge in [-0.2, -0.15) is 0 Å². The zero-order chi connectivity index (χ0) is 24.8. The predicted octanol–water partition coefficient (Wildman–Crippen LogP) is 4.56. The maximum absolute atomic E-state index is 13.0. The van der Waals surface area contributed by atoms with Crippen LogP contribution in [0, 0.1) is 12.8 Å². The smallest absolute Gasteiger partial charge is 0.420 e. The Morgan fingerprint density at radius 3 is 1.97 bits per heavy atom. The Morgan fingerprint density at radius 2 is 1.39 bits per heavy atom. The summed E-state index contributed by atoms with van der Waals surface area (Å²) in [6.45, 7) is 3.71. The average molecular weight is 484 g/mol. The summed E-state index contributed by atoms with van der Waals surface area (Å²) in [4.78, 5) is 28.0. The number of hydrogen-bond donors (Lipinski definition) is 0. The minimum absolute atomic E-state index is 0.111. The molecule has 0 spiro atoms. The lowest BCUT2D eigenvalue weighted by atomic mass is 9.66. The Bertz CT molecular complexity index is 1210. The van der Waals surface area contributed by atoms with E-state index < -0.39 is 29.4 Å². The Labute approximate surface area is 210 Å². The van der Waals surface area contributed by atoms with Gasteiger partial charge in [-0.15, -0.1) is 0 Å². The number of nitrogens with zero attached hydrogens (tertiary/aromatic N) is 1. The lowest BCUT2D eigenvalue weighted by Crippen LogP contribution is -2.82. The number of esters is 2. The molecular formula is C30H29NO5. The van der Waals surface area contributed by atoms with E-state index in [0.29, 0.717) is 0 Å². The number of carbonyl (C=O) groups excluding carboxylic acids is 2. The Kier molecular flexibility index (Phi) is 5.66.